The Balaban J connectivity index is 1.95. The minimum absolute atomic E-state index is 0.0502. The van der Waals surface area contributed by atoms with Gasteiger partial charge in [0, 0.05) is 0 Å². The smallest absolute Gasteiger partial charge is 0.387 e. The molecule has 2 amide bonds. The molecule has 0 spiro atoms. The van der Waals surface area contributed by atoms with Crippen molar-refractivity contribution in [2.75, 3.05) is 6.61 Å². The Labute approximate surface area is 134 Å². The Kier molecular flexibility index (Phi) is 5.76. The molecule has 23 heavy (non-hydrogen) atoms. The number of aliphatic hydroxyl groups excluding tert-OH is 1. The number of aliphatic hydroxyl groups is 1. The highest BCUT2D eigenvalue weighted by molar-refractivity contribution is 5.75. The minimum atomic E-state index is -2.89. The summed E-state index contributed by atoms with van der Waals surface area (Å²) in [5.41, 5.74) is 0.104. The first kappa shape index (κ1) is 17.5. The van der Waals surface area contributed by atoms with Crippen molar-refractivity contribution in [1.82, 2.24) is 10.6 Å². The Bertz CT molecular complexity index is 534. The number of ether oxygens (including phenoxy) is 1. The molecule has 7 heteroatoms. The van der Waals surface area contributed by atoms with Gasteiger partial charge in [-0.15, -0.1) is 0 Å². The van der Waals surface area contributed by atoms with Gasteiger partial charge in [-0.05, 0) is 37.5 Å². The van der Waals surface area contributed by atoms with Gasteiger partial charge in [-0.3, -0.25) is 0 Å². The zero-order valence-electron chi connectivity index (χ0n) is 13.0. The van der Waals surface area contributed by atoms with Crippen LogP contribution in [0.25, 0.3) is 0 Å². The monoisotopic (exact) mass is 328 g/mol. The molecule has 1 fully saturated rings. The lowest BCUT2D eigenvalue weighted by atomic mass is 9.99. The van der Waals surface area contributed by atoms with E-state index in [0.29, 0.717) is 5.56 Å². The normalized spacial score (nSPS) is 17.8. The van der Waals surface area contributed by atoms with Crippen LogP contribution < -0.4 is 15.4 Å². The summed E-state index contributed by atoms with van der Waals surface area (Å²) < 4.78 is 28.8. The molecule has 1 aromatic rings. The van der Waals surface area contributed by atoms with E-state index in [1.54, 1.807) is 19.1 Å². The number of benzene rings is 1. The molecule has 2 rings (SSSR count). The second-order valence-corrected chi connectivity index (χ2v) is 5.92. The second kappa shape index (κ2) is 7.59. The molecule has 0 saturated heterocycles. The quantitative estimate of drug-likeness (QED) is 0.752. The van der Waals surface area contributed by atoms with Crippen LogP contribution in [0.4, 0.5) is 13.6 Å². The predicted octanol–water partition coefficient (Wildman–Crippen LogP) is 2.95. The lowest BCUT2D eigenvalue weighted by Gasteiger charge is -2.29. The van der Waals surface area contributed by atoms with Gasteiger partial charge in [-0.25, -0.2) is 4.79 Å². The van der Waals surface area contributed by atoms with Crippen molar-refractivity contribution >= 4 is 6.03 Å². The highest BCUT2D eigenvalue weighted by atomic mass is 19.3. The van der Waals surface area contributed by atoms with Gasteiger partial charge in [-0.1, -0.05) is 25.0 Å². The molecule has 1 unspecified atom stereocenters. The number of alkyl halides is 2. The molecular weight excluding hydrogens is 306 g/mol. The standard InChI is InChI=1S/C16H22F2N2O3/c1-11(12-5-4-6-13(9-12)23-14(17)18)19-15(22)20-16(10-21)7-2-3-8-16/h4-6,9,11,14,21H,2-3,7-8,10H2,1H3,(H2,19,20,22). The van der Waals surface area contributed by atoms with E-state index in [0.717, 1.165) is 25.7 Å². The first-order chi connectivity index (χ1) is 10.9. The Morgan fingerprint density at radius 2 is 2.09 bits per heavy atom. The number of hydrogen-bond acceptors (Lipinski definition) is 3. The topological polar surface area (TPSA) is 70.6 Å². The molecule has 0 radical (unpaired) electrons. The lowest BCUT2D eigenvalue weighted by Crippen LogP contribution is -2.53. The second-order valence-electron chi connectivity index (χ2n) is 5.92. The third kappa shape index (κ3) is 4.79. The zero-order valence-corrected chi connectivity index (χ0v) is 13.0. The summed E-state index contributed by atoms with van der Waals surface area (Å²) in [6, 6.07) is 5.45. The van der Waals surface area contributed by atoms with Crippen LogP contribution in [-0.4, -0.2) is 29.9 Å². The van der Waals surface area contributed by atoms with Gasteiger partial charge in [0.05, 0.1) is 18.2 Å². The van der Waals surface area contributed by atoms with Crippen molar-refractivity contribution in [2.24, 2.45) is 0 Å². The van der Waals surface area contributed by atoms with Gasteiger partial charge in [0.15, 0.2) is 0 Å². The first-order valence-electron chi connectivity index (χ1n) is 7.68. The van der Waals surface area contributed by atoms with E-state index in [-0.39, 0.29) is 24.4 Å². The van der Waals surface area contributed by atoms with Gasteiger partial charge in [0.25, 0.3) is 0 Å². The Morgan fingerprint density at radius 3 is 2.70 bits per heavy atom. The van der Waals surface area contributed by atoms with Gasteiger partial charge < -0.3 is 20.5 Å². The molecular formula is C16H22F2N2O3. The number of amides is 2. The summed E-state index contributed by atoms with van der Waals surface area (Å²) >= 11 is 0. The van der Waals surface area contributed by atoms with Crippen LogP contribution in [0.5, 0.6) is 5.75 Å². The Morgan fingerprint density at radius 1 is 1.39 bits per heavy atom. The summed E-state index contributed by atoms with van der Waals surface area (Å²) in [4.78, 5) is 12.1. The minimum Gasteiger partial charge on any atom is -0.435 e. The van der Waals surface area contributed by atoms with E-state index in [2.05, 4.69) is 15.4 Å². The van der Waals surface area contributed by atoms with Crippen LogP contribution in [-0.2, 0) is 0 Å². The van der Waals surface area contributed by atoms with E-state index in [9.17, 15) is 18.7 Å². The van der Waals surface area contributed by atoms with Crippen LogP contribution in [0.15, 0.2) is 24.3 Å². The lowest BCUT2D eigenvalue weighted by molar-refractivity contribution is -0.0499. The fourth-order valence-electron chi connectivity index (χ4n) is 2.89. The highest BCUT2D eigenvalue weighted by Crippen LogP contribution is 2.29. The number of halogens is 2. The number of urea groups is 1. The van der Waals surface area contributed by atoms with Crippen molar-refractivity contribution in [3.8, 4) is 5.75 Å². The SMILES string of the molecule is CC(NC(=O)NC1(CO)CCCC1)c1cccc(OC(F)F)c1. The van der Waals surface area contributed by atoms with Crippen LogP contribution in [0.2, 0.25) is 0 Å². The number of rotatable bonds is 6. The van der Waals surface area contributed by atoms with E-state index >= 15 is 0 Å². The summed E-state index contributed by atoms with van der Waals surface area (Å²) in [6.07, 6.45) is 3.46. The molecule has 0 bridgehead atoms. The Hall–Kier alpha value is -1.89. The number of nitrogens with one attached hydrogen (secondary N) is 2. The third-order valence-electron chi connectivity index (χ3n) is 4.17. The van der Waals surface area contributed by atoms with Gasteiger partial charge in [0.2, 0.25) is 0 Å². The van der Waals surface area contributed by atoms with Crippen molar-refractivity contribution in [2.45, 2.75) is 50.8 Å². The molecule has 128 valence electrons. The number of hydrogen-bond donors (Lipinski definition) is 3. The summed E-state index contributed by atoms with van der Waals surface area (Å²) in [5, 5.41) is 15.1. The zero-order chi connectivity index (χ0) is 16.9. The van der Waals surface area contributed by atoms with Crippen LogP contribution in [0.3, 0.4) is 0 Å². The molecule has 1 atom stereocenters. The van der Waals surface area contributed by atoms with Crippen molar-refractivity contribution < 1.29 is 23.4 Å². The average molecular weight is 328 g/mol. The molecule has 1 aromatic carbocycles. The molecule has 0 aliphatic heterocycles. The molecule has 0 heterocycles. The van der Waals surface area contributed by atoms with Crippen molar-refractivity contribution in [3.05, 3.63) is 29.8 Å². The fraction of sp³-hybridized carbons (Fsp3) is 0.562. The number of carbonyl (C=O) groups excluding carboxylic acids is 1. The van der Waals surface area contributed by atoms with Crippen LogP contribution in [0.1, 0.15) is 44.2 Å². The van der Waals surface area contributed by atoms with E-state index in [1.165, 1.54) is 12.1 Å². The van der Waals surface area contributed by atoms with Crippen LogP contribution in [0, 0.1) is 0 Å². The summed E-state index contributed by atoms with van der Waals surface area (Å²) in [6.45, 7) is -1.22. The molecule has 0 aromatic heterocycles. The molecule has 3 N–H and O–H groups in total. The highest BCUT2D eigenvalue weighted by Gasteiger charge is 2.34. The molecule has 1 saturated carbocycles. The molecule has 5 nitrogen and oxygen atoms in total. The maximum Gasteiger partial charge on any atom is 0.387 e. The van der Waals surface area contributed by atoms with Gasteiger partial charge >= 0.3 is 12.6 Å². The third-order valence-corrected chi connectivity index (χ3v) is 4.17. The van der Waals surface area contributed by atoms with E-state index in [1.807, 2.05) is 0 Å². The molecule has 1 aliphatic carbocycles. The van der Waals surface area contributed by atoms with Crippen LogP contribution >= 0.6 is 0 Å². The largest absolute Gasteiger partial charge is 0.435 e. The van der Waals surface area contributed by atoms with E-state index in [4.69, 9.17) is 0 Å². The fourth-order valence-corrected chi connectivity index (χ4v) is 2.89. The van der Waals surface area contributed by atoms with Gasteiger partial charge in [0.1, 0.15) is 5.75 Å². The average Bonchev–Trinajstić information content (AvgIpc) is 2.95. The summed E-state index contributed by atoms with van der Waals surface area (Å²) in [7, 11) is 0. The van der Waals surface area contributed by atoms with Crippen molar-refractivity contribution in [3.63, 3.8) is 0 Å². The number of carbonyl (C=O) groups is 1. The van der Waals surface area contributed by atoms with E-state index < -0.39 is 12.2 Å². The maximum absolute atomic E-state index is 12.2. The predicted molar refractivity (Wildman–Crippen MR) is 81.4 cm³/mol. The van der Waals surface area contributed by atoms with Crippen molar-refractivity contribution in [1.29, 1.82) is 0 Å². The maximum atomic E-state index is 12.2. The molecule has 1 aliphatic rings. The van der Waals surface area contributed by atoms with Gasteiger partial charge in [-0.2, -0.15) is 8.78 Å². The first-order valence-corrected chi connectivity index (χ1v) is 7.68. The summed E-state index contributed by atoms with van der Waals surface area (Å²) in [5.74, 6) is 0.0502.